The van der Waals surface area contributed by atoms with Crippen LogP contribution >= 0.6 is 11.3 Å². The van der Waals surface area contributed by atoms with Crippen molar-refractivity contribution < 1.29 is 4.74 Å². The van der Waals surface area contributed by atoms with Crippen LogP contribution in [-0.4, -0.2) is 57.3 Å². The van der Waals surface area contributed by atoms with E-state index in [1.165, 1.54) is 43.6 Å². The zero-order chi connectivity index (χ0) is 17.3. The summed E-state index contributed by atoms with van der Waals surface area (Å²) in [7, 11) is 1.84. The van der Waals surface area contributed by atoms with E-state index in [0.29, 0.717) is 6.04 Å². The summed E-state index contributed by atoms with van der Waals surface area (Å²) in [5.74, 6) is 1.74. The third-order valence-electron chi connectivity index (χ3n) is 4.95. The van der Waals surface area contributed by atoms with Crippen LogP contribution in [0.5, 0.6) is 0 Å². The maximum absolute atomic E-state index is 5.68. The number of nitrogens with zero attached hydrogens (tertiary/aromatic N) is 2. The van der Waals surface area contributed by atoms with E-state index in [4.69, 9.17) is 4.74 Å². The Morgan fingerprint density at radius 2 is 2.20 bits per heavy atom. The van der Waals surface area contributed by atoms with Gasteiger partial charge in [-0.2, -0.15) is 0 Å². The molecule has 1 unspecified atom stereocenters. The van der Waals surface area contributed by atoms with Crippen molar-refractivity contribution in [1.29, 1.82) is 0 Å². The van der Waals surface area contributed by atoms with E-state index in [2.05, 4.69) is 38.0 Å². The van der Waals surface area contributed by atoms with Gasteiger partial charge in [0.2, 0.25) is 0 Å². The van der Waals surface area contributed by atoms with Gasteiger partial charge in [0.15, 0.2) is 5.96 Å². The summed E-state index contributed by atoms with van der Waals surface area (Å²) in [5.41, 5.74) is 0. The monoisotopic (exact) mass is 364 g/mol. The Hall–Kier alpha value is -1.11. The first-order valence-corrected chi connectivity index (χ1v) is 10.5. The average molecular weight is 365 g/mol. The van der Waals surface area contributed by atoms with E-state index in [1.54, 1.807) is 0 Å². The summed E-state index contributed by atoms with van der Waals surface area (Å²) in [6, 6.07) is 4.85. The van der Waals surface area contributed by atoms with Gasteiger partial charge in [-0.1, -0.05) is 6.07 Å². The lowest BCUT2D eigenvalue weighted by Crippen LogP contribution is -2.42. The molecule has 0 amide bonds. The van der Waals surface area contributed by atoms with Gasteiger partial charge in [0.25, 0.3) is 0 Å². The molecular weight excluding hydrogens is 332 g/mol. The smallest absolute Gasteiger partial charge is 0.191 e. The summed E-state index contributed by atoms with van der Waals surface area (Å²) in [6.07, 6.45) is 6.37. The first-order valence-electron chi connectivity index (χ1n) is 9.66. The van der Waals surface area contributed by atoms with Gasteiger partial charge in [-0.05, 0) is 62.6 Å². The highest BCUT2D eigenvalue weighted by Crippen LogP contribution is 2.29. The van der Waals surface area contributed by atoms with Crippen molar-refractivity contribution in [3.05, 3.63) is 22.4 Å². The molecule has 140 valence electrons. The van der Waals surface area contributed by atoms with Crippen LogP contribution in [0, 0.1) is 5.92 Å². The molecule has 2 aliphatic rings. The molecular formula is C19H32N4OS. The molecule has 1 aromatic heterocycles. The number of hydrogen-bond acceptors (Lipinski definition) is 4. The standard InChI is InChI=1S/C19H32N4OS/c1-20-19(21-9-5-12-24-15-16-7-8-16)22-14-17(18-6-4-13-25-18)23-10-2-3-11-23/h4,6,13,16-17H,2-3,5,7-12,14-15H2,1H3,(H2,20,21,22). The minimum atomic E-state index is 0.447. The molecule has 1 saturated heterocycles. The zero-order valence-electron chi connectivity index (χ0n) is 15.4. The van der Waals surface area contributed by atoms with Crippen LogP contribution in [-0.2, 0) is 4.74 Å². The highest BCUT2D eigenvalue weighted by molar-refractivity contribution is 7.10. The maximum atomic E-state index is 5.68. The number of hydrogen-bond donors (Lipinski definition) is 2. The Bertz CT molecular complexity index is 510. The first kappa shape index (κ1) is 18.7. The predicted octanol–water partition coefficient (Wildman–Crippen LogP) is 2.87. The summed E-state index contributed by atoms with van der Waals surface area (Å²) >= 11 is 1.85. The van der Waals surface area contributed by atoms with Gasteiger partial charge >= 0.3 is 0 Å². The van der Waals surface area contributed by atoms with Crippen LogP contribution in [0.15, 0.2) is 22.5 Å². The van der Waals surface area contributed by atoms with Crippen molar-refractivity contribution in [2.24, 2.45) is 10.9 Å². The van der Waals surface area contributed by atoms with Crippen LogP contribution in [0.25, 0.3) is 0 Å². The van der Waals surface area contributed by atoms with E-state index < -0.39 is 0 Å². The lowest BCUT2D eigenvalue weighted by Gasteiger charge is -2.27. The van der Waals surface area contributed by atoms with Crippen LogP contribution in [0.2, 0.25) is 0 Å². The van der Waals surface area contributed by atoms with Gasteiger partial charge in [-0.25, -0.2) is 0 Å². The molecule has 0 radical (unpaired) electrons. The molecule has 0 spiro atoms. The zero-order valence-corrected chi connectivity index (χ0v) is 16.2. The molecule has 5 nitrogen and oxygen atoms in total. The Kier molecular flexibility index (Phi) is 7.57. The van der Waals surface area contributed by atoms with Crippen molar-refractivity contribution in [2.45, 2.75) is 38.1 Å². The maximum Gasteiger partial charge on any atom is 0.191 e. The number of likely N-dealkylation sites (tertiary alicyclic amines) is 1. The number of rotatable bonds is 10. The fraction of sp³-hybridized carbons (Fsp3) is 0.737. The van der Waals surface area contributed by atoms with Gasteiger partial charge in [0, 0.05) is 38.2 Å². The van der Waals surface area contributed by atoms with E-state index >= 15 is 0 Å². The number of guanidine groups is 1. The quantitative estimate of drug-likeness (QED) is 0.381. The largest absolute Gasteiger partial charge is 0.381 e. The summed E-state index contributed by atoms with van der Waals surface area (Å²) in [5, 5.41) is 9.10. The van der Waals surface area contributed by atoms with Gasteiger partial charge in [0.05, 0.1) is 6.04 Å². The van der Waals surface area contributed by atoms with E-state index in [1.807, 2.05) is 18.4 Å². The third kappa shape index (κ3) is 6.28. The third-order valence-corrected chi connectivity index (χ3v) is 5.92. The Balaban J connectivity index is 1.37. The second kappa shape index (κ2) is 10.1. The molecule has 1 aromatic rings. The fourth-order valence-electron chi connectivity index (χ4n) is 3.27. The Labute approximate surface area is 155 Å². The average Bonchev–Trinajstić information content (AvgIpc) is 3.08. The minimum Gasteiger partial charge on any atom is -0.381 e. The summed E-state index contributed by atoms with van der Waals surface area (Å²) in [4.78, 5) is 8.40. The molecule has 2 heterocycles. The van der Waals surface area contributed by atoms with Crippen molar-refractivity contribution in [3.63, 3.8) is 0 Å². The predicted molar refractivity (Wildman–Crippen MR) is 105 cm³/mol. The number of nitrogens with one attached hydrogen (secondary N) is 2. The summed E-state index contributed by atoms with van der Waals surface area (Å²) in [6.45, 7) is 6.00. The number of ether oxygens (including phenoxy) is 1. The molecule has 3 rings (SSSR count). The Morgan fingerprint density at radius 3 is 2.88 bits per heavy atom. The van der Waals surface area contributed by atoms with Crippen molar-refractivity contribution in [3.8, 4) is 0 Å². The highest BCUT2D eigenvalue weighted by atomic mass is 32.1. The normalized spacial score (nSPS) is 20.0. The highest BCUT2D eigenvalue weighted by Gasteiger charge is 2.24. The van der Waals surface area contributed by atoms with Crippen molar-refractivity contribution in [1.82, 2.24) is 15.5 Å². The van der Waals surface area contributed by atoms with Crippen LogP contribution in [0.1, 0.15) is 43.0 Å². The van der Waals surface area contributed by atoms with Crippen LogP contribution in [0.4, 0.5) is 0 Å². The molecule has 0 bridgehead atoms. The van der Waals surface area contributed by atoms with Gasteiger partial charge in [-0.3, -0.25) is 9.89 Å². The van der Waals surface area contributed by atoms with E-state index in [-0.39, 0.29) is 0 Å². The first-order chi connectivity index (χ1) is 12.4. The van der Waals surface area contributed by atoms with Gasteiger partial charge in [-0.15, -0.1) is 11.3 Å². The van der Waals surface area contributed by atoms with Crippen molar-refractivity contribution in [2.75, 3.05) is 46.4 Å². The van der Waals surface area contributed by atoms with E-state index in [9.17, 15) is 0 Å². The lowest BCUT2D eigenvalue weighted by molar-refractivity contribution is 0.123. The SMILES string of the molecule is CN=C(NCCCOCC1CC1)NCC(c1cccs1)N1CCCC1. The Morgan fingerprint density at radius 1 is 1.36 bits per heavy atom. The molecule has 1 atom stereocenters. The van der Waals surface area contributed by atoms with Crippen molar-refractivity contribution >= 4 is 17.3 Å². The fourth-order valence-corrected chi connectivity index (χ4v) is 4.13. The minimum absolute atomic E-state index is 0.447. The lowest BCUT2D eigenvalue weighted by atomic mass is 10.2. The molecule has 6 heteroatoms. The topological polar surface area (TPSA) is 48.9 Å². The van der Waals surface area contributed by atoms with Gasteiger partial charge < -0.3 is 15.4 Å². The molecule has 0 aromatic carbocycles. The molecule has 1 aliphatic heterocycles. The molecule has 1 saturated carbocycles. The number of aliphatic imine (C=N–C) groups is 1. The summed E-state index contributed by atoms with van der Waals surface area (Å²) < 4.78 is 5.68. The van der Waals surface area contributed by atoms with Crippen LogP contribution < -0.4 is 10.6 Å². The van der Waals surface area contributed by atoms with Crippen LogP contribution in [0.3, 0.4) is 0 Å². The van der Waals surface area contributed by atoms with Gasteiger partial charge in [0.1, 0.15) is 0 Å². The molecule has 25 heavy (non-hydrogen) atoms. The second-order valence-electron chi connectivity index (χ2n) is 7.03. The van der Waals surface area contributed by atoms with E-state index in [0.717, 1.165) is 44.6 Å². The molecule has 1 aliphatic carbocycles. The second-order valence-corrected chi connectivity index (χ2v) is 8.01. The number of thiophene rings is 1. The molecule has 2 N–H and O–H groups in total. The molecule has 2 fully saturated rings.